The van der Waals surface area contributed by atoms with Gasteiger partial charge in [-0.2, -0.15) is 0 Å². The lowest BCUT2D eigenvalue weighted by Gasteiger charge is -2.28. The summed E-state index contributed by atoms with van der Waals surface area (Å²) < 4.78 is 44.3. The van der Waals surface area contributed by atoms with E-state index in [9.17, 15) is 10.2 Å². The van der Waals surface area contributed by atoms with Gasteiger partial charge in [-0.05, 0) is 93.3 Å². The fourth-order valence-electron chi connectivity index (χ4n) is 7.63. The molecule has 0 saturated carbocycles. The number of ether oxygens (including phenoxy) is 2. The van der Waals surface area contributed by atoms with Crippen LogP contribution in [0.4, 0.5) is 0 Å². The van der Waals surface area contributed by atoms with E-state index in [1.807, 2.05) is 146 Å². The largest absolute Gasteiger partial charge is 0.497 e. The van der Waals surface area contributed by atoms with Gasteiger partial charge in [0.15, 0.2) is 14.3 Å². The first-order valence-corrected chi connectivity index (χ1v) is 21.7. The molecule has 0 saturated heterocycles. The summed E-state index contributed by atoms with van der Waals surface area (Å²) in [5.41, 5.74) is 2.85. The number of hydrogen-bond acceptors (Lipinski definition) is 6. The summed E-state index contributed by atoms with van der Waals surface area (Å²) in [6, 6.07) is 53.3. The number of hydrogen-bond donors (Lipinski definition) is 2. The van der Waals surface area contributed by atoms with Crippen LogP contribution in [0, 0.1) is 0 Å². The van der Waals surface area contributed by atoms with E-state index in [1.165, 1.54) is 0 Å². The number of aliphatic hydroxyl groups is 2. The zero-order chi connectivity index (χ0) is 38.9. The van der Waals surface area contributed by atoms with Crippen LogP contribution in [0.2, 0.25) is 0 Å². The Hall–Kier alpha value is -5.74. The quantitative estimate of drug-likeness (QED) is 0.130. The van der Waals surface area contributed by atoms with Gasteiger partial charge in [-0.25, -0.2) is 0 Å². The maximum atomic E-state index is 16.6. The zero-order valence-corrected chi connectivity index (χ0v) is 32.8. The van der Waals surface area contributed by atoms with Crippen LogP contribution in [0.25, 0.3) is 32.7 Å². The predicted octanol–water partition coefficient (Wildman–Crippen LogP) is 7.94. The highest BCUT2D eigenvalue weighted by molar-refractivity contribution is 7.86. The second kappa shape index (κ2) is 15.4. The smallest absolute Gasteiger partial charge is 0.171 e. The van der Waals surface area contributed by atoms with Crippen LogP contribution in [0.15, 0.2) is 170 Å². The number of benzene rings is 8. The van der Waals surface area contributed by atoms with Gasteiger partial charge in [-0.15, -0.1) is 0 Å². The van der Waals surface area contributed by atoms with Crippen molar-refractivity contribution in [1.82, 2.24) is 0 Å². The molecule has 0 amide bonds. The SMILES string of the molecule is COc1ccc(P(=O)(c2ccc(OC)cc2)c2ccc3ccccc3c2-c2c(P(=O)(c3ccc(CO)cc3)c3ccc(CO)cc3)ccc3ccccc23)cc1. The fraction of sp³-hybridized carbons (Fsp3) is 0.0833. The molecule has 278 valence electrons. The fourth-order valence-corrected chi connectivity index (χ4v) is 13.3. The number of methoxy groups -OCH3 is 2. The average molecular weight is 775 g/mol. The lowest BCUT2D eigenvalue weighted by molar-refractivity contribution is 0.281. The van der Waals surface area contributed by atoms with E-state index < -0.39 is 14.3 Å². The van der Waals surface area contributed by atoms with Crippen molar-refractivity contribution >= 4 is 67.7 Å². The zero-order valence-electron chi connectivity index (χ0n) is 31.0. The molecule has 8 rings (SSSR count). The monoisotopic (exact) mass is 774 g/mol. The molecule has 2 N–H and O–H groups in total. The molecular weight excluding hydrogens is 734 g/mol. The highest BCUT2D eigenvalue weighted by Gasteiger charge is 2.38. The Morgan fingerprint density at radius 3 is 1.05 bits per heavy atom. The lowest BCUT2D eigenvalue weighted by atomic mass is 9.93. The average Bonchev–Trinajstić information content (AvgIpc) is 3.27. The van der Waals surface area contributed by atoms with Crippen molar-refractivity contribution in [2.75, 3.05) is 14.2 Å². The molecule has 0 bridgehead atoms. The van der Waals surface area contributed by atoms with Gasteiger partial charge < -0.3 is 28.8 Å². The maximum Gasteiger partial charge on any atom is 0.171 e. The van der Waals surface area contributed by atoms with Crippen LogP contribution in [0.3, 0.4) is 0 Å². The summed E-state index contributed by atoms with van der Waals surface area (Å²) in [7, 11) is -4.25. The first-order valence-electron chi connectivity index (χ1n) is 18.3. The number of fused-ring (bicyclic) bond motifs is 2. The van der Waals surface area contributed by atoms with Gasteiger partial charge in [0, 0.05) is 43.0 Å². The van der Waals surface area contributed by atoms with Crippen molar-refractivity contribution in [3.63, 3.8) is 0 Å². The minimum absolute atomic E-state index is 0.150. The van der Waals surface area contributed by atoms with Crippen molar-refractivity contribution in [1.29, 1.82) is 0 Å². The van der Waals surface area contributed by atoms with Crippen LogP contribution in [-0.4, -0.2) is 24.4 Å². The minimum atomic E-state index is -3.75. The van der Waals surface area contributed by atoms with Crippen LogP contribution in [0.5, 0.6) is 11.5 Å². The standard InChI is InChI=1S/C48H40O6P2/c1-53-37-17-25-41(26-18-37)56(52,42-27-19-38(54-2)20-28-42)46-30-16-36-8-4-6-10-44(36)48(46)47-43-9-5-3-7-35(43)15-29-45(47)55(51,39-21-11-33(31-49)12-22-39)40-23-13-34(32-50)14-24-40/h3-30,49-50H,31-32H2,1-2H3. The third-order valence-electron chi connectivity index (χ3n) is 10.6. The number of rotatable bonds is 11. The molecule has 8 heteroatoms. The Balaban J connectivity index is 1.55. The summed E-state index contributed by atoms with van der Waals surface area (Å²) in [4.78, 5) is 0. The van der Waals surface area contributed by atoms with Crippen LogP contribution < -0.4 is 41.3 Å². The van der Waals surface area contributed by atoms with E-state index in [4.69, 9.17) is 9.47 Å². The molecule has 56 heavy (non-hydrogen) atoms. The van der Waals surface area contributed by atoms with Gasteiger partial charge in [0.1, 0.15) is 11.5 Å². The van der Waals surface area contributed by atoms with Gasteiger partial charge >= 0.3 is 0 Å². The summed E-state index contributed by atoms with van der Waals surface area (Å²) in [6.07, 6.45) is 0. The van der Waals surface area contributed by atoms with E-state index in [2.05, 4.69) is 0 Å². The summed E-state index contributed by atoms with van der Waals surface area (Å²) in [5.74, 6) is 1.29. The summed E-state index contributed by atoms with van der Waals surface area (Å²) >= 11 is 0. The van der Waals surface area contributed by atoms with Gasteiger partial charge in [0.05, 0.1) is 27.4 Å². The lowest BCUT2D eigenvalue weighted by Crippen LogP contribution is -2.30. The first kappa shape index (κ1) is 37.2. The molecular formula is C48H40O6P2. The van der Waals surface area contributed by atoms with Crippen molar-refractivity contribution in [3.05, 3.63) is 181 Å². The Kier molecular flexibility index (Phi) is 10.2. The van der Waals surface area contributed by atoms with Crippen molar-refractivity contribution in [2.45, 2.75) is 13.2 Å². The van der Waals surface area contributed by atoms with Crippen LogP contribution in [0.1, 0.15) is 11.1 Å². The highest BCUT2D eigenvalue weighted by atomic mass is 31.2. The molecule has 0 aliphatic heterocycles. The normalized spacial score (nSPS) is 11.9. The summed E-state index contributed by atoms with van der Waals surface area (Å²) in [5, 5.41) is 27.1. The third-order valence-corrected chi connectivity index (χ3v) is 16.8. The van der Waals surface area contributed by atoms with Gasteiger partial charge in [0.25, 0.3) is 0 Å². The van der Waals surface area contributed by atoms with Gasteiger partial charge in [-0.1, -0.05) is 109 Å². The van der Waals surface area contributed by atoms with E-state index in [-0.39, 0.29) is 13.2 Å². The van der Waals surface area contributed by atoms with E-state index in [1.54, 1.807) is 38.5 Å². The van der Waals surface area contributed by atoms with Crippen LogP contribution in [-0.2, 0) is 22.3 Å². The molecule has 0 spiro atoms. The maximum absolute atomic E-state index is 16.6. The Bertz CT molecular complexity index is 2480. The molecule has 0 aromatic heterocycles. The van der Waals surface area contributed by atoms with Crippen molar-refractivity contribution in [3.8, 4) is 22.6 Å². The molecule has 0 fully saturated rings. The molecule has 8 aromatic carbocycles. The highest BCUT2D eigenvalue weighted by Crippen LogP contribution is 2.52. The third kappa shape index (κ3) is 6.35. The molecule has 0 atom stereocenters. The Morgan fingerprint density at radius 2 is 0.732 bits per heavy atom. The van der Waals surface area contributed by atoms with E-state index in [0.29, 0.717) is 54.5 Å². The summed E-state index contributed by atoms with van der Waals surface area (Å²) in [6.45, 7) is -0.301. The minimum Gasteiger partial charge on any atom is -0.497 e. The van der Waals surface area contributed by atoms with Gasteiger partial charge in [0.2, 0.25) is 0 Å². The molecule has 8 aromatic rings. The Morgan fingerprint density at radius 1 is 0.411 bits per heavy atom. The Labute approximate surface area is 326 Å². The first-order chi connectivity index (χ1) is 27.3. The second-order valence-electron chi connectivity index (χ2n) is 13.6. The molecule has 0 heterocycles. The van der Waals surface area contributed by atoms with Crippen LogP contribution >= 0.6 is 14.3 Å². The molecule has 0 unspecified atom stereocenters. The van der Waals surface area contributed by atoms with E-state index >= 15 is 9.13 Å². The predicted molar refractivity (Wildman–Crippen MR) is 231 cm³/mol. The second-order valence-corrected chi connectivity index (χ2v) is 19.1. The molecule has 0 radical (unpaired) electrons. The number of aliphatic hydroxyl groups excluding tert-OH is 2. The van der Waals surface area contributed by atoms with Gasteiger partial charge in [-0.3, -0.25) is 0 Å². The molecule has 0 aliphatic rings. The van der Waals surface area contributed by atoms with E-state index in [0.717, 1.165) is 32.7 Å². The topological polar surface area (TPSA) is 93.1 Å². The van der Waals surface area contributed by atoms with Crippen molar-refractivity contribution < 1.29 is 28.8 Å². The molecule has 0 aliphatic carbocycles. The molecule has 6 nitrogen and oxygen atoms in total. The van der Waals surface area contributed by atoms with Crippen molar-refractivity contribution in [2.24, 2.45) is 0 Å².